The number of hydrogen-bond donors (Lipinski definition) is 2. The van der Waals surface area contributed by atoms with E-state index in [1.165, 1.54) is 12.1 Å². The molecule has 0 saturated heterocycles. The largest absolute Gasteiger partial charge is 0.455 e. The van der Waals surface area contributed by atoms with E-state index in [2.05, 4.69) is 15.9 Å². The van der Waals surface area contributed by atoms with Crippen LogP contribution in [0.25, 0.3) is 0 Å². The van der Waals surface area contributed by atoms with Crippen molar-refractivity contribution in [3.8, 4) is 11.5 Å². The Bertz CT molecular complexity index is 692. The molecule has 3 N–H and O–H groups in total. The normalized spacial score (nSPS) is 10.4. The lowest BCUT2D eigenvalue weighted by molar-refractivity contribution is 0.481. The van der Waals surface area contributed by atoms with Crippen LogP contribution in [-0.2, 0) is 0 Å². The maximum absolute atomic E-state index is 7.57. The lowest BCUT2D eigenvalue weighted by Crippen LogP contribution is -2.12. The Hall–Kier alpha value is -0.940. The molecule has 0 bridgehead atoms. The van der Waals surface area contributed by atoms with Crippen LogP contribution in [0.2, 0.25) is 15.1 Å². The van der Waals surface area contributed by atoms with Crippen molar-refractivity contribution < 1.29 is 4.74 Å². The van der Waals surface area contributed by atoms with Crippen LogP contribution >= 0.6 is 50.7 Å². The summed E-state index contributed by atoms with van der Waals surface area (Å²) >= 11 is 21.2. The number of nitrogens with two attached hydrogens (primary N) is 1. The van der Waals surface area contributed by atoms with Gasteiger partial charge in [0.25, 0.3) is 0 Å². The predicted molar refractivity (Wildman–Crippen MR) is 86.7 cm³/mol. The fraction of sp³-hybridized carbons (Fsp3) is 0. The number of amidine groups is 1. The van der Waals surface area contributed by atoms with Gasteiger partial charge in [0.1, 0.15) is 17.3 Å². The number of ether oxygens (including phenoxy) is 1. The first kappa shape index (κ1) is 15.4. The van der Waals surface area contributed by atoms with Gasteiger partial charge in [-0.15, -0.1) is 0 Å². The van der Waals surface area contributed by atoms with Crippen LogP contribution in [0.1, 0.15) is 5.56 Å². The van der Waals surface area contributed by atoms with E-state index in [9.17, 15) is 0 Å². The quantitative estimate of drug-likeness (QED) is 0.411. The molecule has 2 aromatic carbocycles. The Kier molecular flexibility index (Phi) is 4.81. The second kappa shape index (κ2) is 6.22. The molecule has 0 unspecified atom stereocenters. The lowest BCUT2D eigenvalue weighted by atomic mass is 10.2. The van der Waals surface area contributed by atoms with Crippen molar-refractivity contribution >= 4 is 56.6 Å². The standard InChI is InChI=1S/C13H8BrCl3N2O/c14-6-1-2-11(7(3-6)13(18)19)20-12-5-9(16)8(15)4-10(12)17/h1-5H,(H3,18,19). The molecular weight excluding hydrogens is 386 g/mol. The summed E-state index contributed by atoms with van der Waals surface area (Å²) in [5.41, 5.74) is 5.98. The molecule has 0 aromatic heterocycles. The summed E-state index contributed by atoms with van der Waals surface area (Å²) in [6.45, 7) is 0. The van der Waals surface area contributed by atoms with Gasteiger partial charge in [-0.1, -0.05) is 50.7 Å². The highest BCUT2D eigenvalue weighted by molar-refractivity contribution is 9.10. The summed E-state index contributed by atoms with van der Waals surface area (Å²) in [4.78, 5) is 0. The van der Waals surface area contributed by atoms with Gasteiger partial charge in [0.15, 0.2) is 0 Å². The Morgan fingerprint density at radius 3 is 2.30 bits per heavy atom. The molecule has 0 aliphatic rings. The molecule has 0 heterocycles. The highest BCUT2D eigenvalue weighted by Gasteiger charge is 2.12. The van der Waals surface area contributed by atoms with E-state index < -0.39 is 0 Å². The van der Waals surface area contributed by atoms with Gasteiger partial charge in [-0.2, -0.15) is 0 Å². The average molecular weight is 394 g/mol. The summed E-state index contributed by atoms with van der Waals surface area (Å²) in [7, 11) is 0. The number of halogens is 4. The number of nitrogens with one attached hydrogen (secondary N) is 1. The third-order valence-corrected chi connectivity index (χ3v) is 3.94. The minimum atomic E-state index is -0.113. The summed E-state index contributed by atoms with van der Waals surface area (Å²) in [5, 5.41) is 8.55. The van der Waals surface area contributed by atoms with Crippen LogP contribution in [0.4, 0.5) is 0 Å². The van der Waals surface area contributed by atoms with E-state index in [-0.39, 0.29) is 5.84 Å². The average Bonchev–Trinajstić information content (AvgIpc) is 2.37. The van der Waals surface area contributed by atoms with E-state index in [4.69, 9.17) is 50.7 Å². The van der Waals surface area contributed by atoms with Crippen molar-refractivity contribution in [1.82, 2.24) is 0 Å². The van der Waals surface area contributed by atoms with Crippen LogP contribution in [-0.4, -0.2) is 5.84 Å². The number of hydrogen-bond acceptors (Lipinski definition) is 2. The second-order valence-corrected chi connectivity index (χ2v) is 5.99. The summed E-state index contributed by atoms with van der Waals surface area (Å²) in [5.74, 6) is 0.629. The van der Waals surface area contributed by atoms with Gasteiger partial charge in [0.2, 0.25) is 0 Å². The molecule has 0 aliphatic heterocycles. The summed E-state index contributed by atoms with van der Waals surface area (Å²) < 4.78 is 6.46. The van der Waals surface area contributed by atoms with Gasteiger partial charge in [0.05, 0.1) is 20.6 Å². The summed E-state index contributed by atoms with van der Waals surface area (Å²) in [6, 6.07) is 8.14. The number of benzene rings is 2. The molecule has 0 fully saturated rings. The fourth-order valence-electron chi connectivity index (χ4n) is 1.50. The Morgan fingerprint density at radius 2 is 1.65 bits per heavy atom. The zero-order chi connectivity index (χ0) is 14.9. The maximum atomic E-state index is 7.57. The van der Waals surface area contributed by atoms with Gasteiger partial charge in [-0.3, -0.25) is 5.41 Å². The van der Waals surface area contributed by atoms with Crippen molar-refractivity contribution in [3.05, 3.63) is 55.4 Å². The van der Waals surface area contributed by atoms with Crippen molar-refractivity contribution in [2.24, 2.45) is 5.73 Å². The van der Waals surface area contributed by atoms with Gasteiger partial charge >= 0.3 is 0 Å². The van der Waals surface area contributed by atoms with E-state index in [1.54, 1.807) is 18.2 Å². The third kappa shape index (κ3) is 3.38. The van der Waals surface area contributed by atoms with E-state index in [0.717, 1.165) is 4.47 Å². The second-order valence-electron chi connectivity index (χ2n) is 3.85. The van der Waals surface area contributed by atoms with E-state index in [0.29, 0.717) is 32.1 Å². The molecule has 104 valence electrons. The van der Waals surface area contributed by atoms with Crippen molar-refractivity contribution in [2.75, 3.05) is 0 Å². The van der Waals surface area contributed by atoms with Gasteiger partial charge in [0, 0.05) is 10.5 Å². The maximum Gasteiger partial charge on any atom is 0.147 e. The van der Waals surface area contributed by atoms with Crippen molar-refractivity contribution in [2.45, 2.75) is 0 Å². The van der Waals surface area contributed by atoms with Gasteiger partial charge in [-0.05, 0) is 24.3 Å². The molecule has 0 aliphatic carbocycles. The number of nitrogen functional groups attached to an aromatic ring is 1. The van der Waals surface area contributed by atoms with Crippen LogP contribution in [0.5, 0.6) is 11.5 Å². The highest BCUT2D eigenvalue weighted by Crippen LogP contribution is 2.37. The first-order valence-electron chi connectivity index (χ1n) is 5.35. The topological polar surface area (TPSA) is 59.1 Å². The fourth-order valence-corrected chi connectivity index (χ4v) is 2.44. The van der Waals surface area contributed by atoms with E-state index in [1.807, 2.05) is 0 Å². The Labute approximate surface area is 139 Å². The molecular formula is C13H8BrCl3N2O. The first-order chi connectivity index (χ1) is 9.38. The third-order valence-electron chi connectivity index (χ3n) is 2.43. The molecule has 2 rings (SSSR count). The van der Waals surface area contributed by atoms with E-state index >= 15 is 0 Å². The zero-order valence-electron chi connectivity index (χ0n) is 9.88. The monoisotopic (exact) mass is 392 g/mol. The minimum absolute atomic E-state index is 0.113. The first-order valence-corrected chi connectivity index (χ1v) is 7.27. The SMILES string of the molecule is N=C(N)c1cc(Br)ccc1Oc1cc(Cl)c(Cl)cc1Cl. The molecule has 3 nitrogen and oxygen atoms in total. The molecule has 20 heavy (non-hydrogen) atoms. The molecule has 0 spiro atoms. The smallest absolute Gasteiger partial charge is 0.147 e. The van der Waals surface area contributed by atoms with Crippen LogP contribution in [0.15, 0.2) is 34.8 Å². The highest BCUT2D eigenvalue weighted by atomic mass is 79.9. The summed E-state index contributed by atoms with van der Waals surface area (Å²) in [6.07, 6.45) is 0. The predicted octanol–water partition coefficient (Wildman–Crippen LogP) is 5.49. The van der Waals surface area contributed by atoms with Crippen LogP contribution in [0, 0.1) is 5.41 Å². The van der Waals surface area contributed by atoms with Crippen LogP contribution < -0.4 is 10.5 Å². The molecule has 0 radical (unpaired) electrons. The zero-order valence-corrected chi connectivity index (χ0v) is 13.7. The molecule has 0 amide bonds. The van der Waals surface area contributed by atoms with Gasteiger partial charge < -0.3 is 10.5 Å². The van der Waals surface area contributed by atoms with Crippen molar-refractivity contribution in [3.63, 3.8) is 0 Å². The Morgan fingerprint density at radius 1 is 1.00 bits per heavy atom. The lowest BCUT2D eigenvalue weighted by Gasteiger charge is -2.12. The molecule has 2 aromatic rings. The molecule has 7 heteroatoms. The van der Waals surface area contributed by atoms with Crippen molar-refractivity contribution in [1.29, 1.82) is 5.41 Å². The molecule has 0 atom stereocenters. The minimum Gasteiger partial charge on any atom is -0.455 e. The molecule has 0 saturated carbocycles. The Balaban J connectivity index is 2.45. The van der Waals surface area contributed by atoms with Crippen LogP contribution in [0.3, 0.4) is 0 Å². The van der Waals surface area contributed by atoms with Gasteiger partial charge in [-0.25, -0.2) is 0 Å². The number of rotatable bonds is 3.